The second-order valence-corrected chi connectivity index (χ2v) is 9.20. The quantitative estimate of drug-likeness (QED) is 0.721. The van der Waals surface area contributed by atoms with Gasteiger partial charge >= 0.3 is 6.09 Å². The van der Waals surface area contributed by atoms with Gasteiger partial charge in [-0.2, -0.15) is 0 Å². The van der Waals surface area contributed by atoms with Crippen LogP contribution in [0.1, 0.15) is 45.3 Å². The van der Waals surface area contributed by atoms with Crippen molar-refractivity contribution < 1.29 is 23.9 Å². The van der Waals surface area contributed by atoms with Gasteiger partial charge in [0.25, 0.3) is 0 Å². The molecule has 0 aromatic heterocycles. The maximum absolute atomic E-state index is 12.6. The first-order chi connectivity index (χ1) is 15.2. The van der Waals surface area contributed by atoms with Crippen LogP contribution in [0, 0.1) is 5.92 Å². The average molecular weight is 444 g/mol. The lowest BCUT2D eigenvalue weighted by Gasteiger charge is -2.34. The summed E-state index contributed by atoms with van der Waals surface area (Å²) in [5.41, 5.74) is 1.11. The average Bonchev–Trinajstić information content (AvgIpc) is 2.78. The van der Waals surface area contributed by atoms with Crippen LogP contribution in [0.3, 0.4) is 0 Å². The fraction of sp³-hybridized carbons (Fsp3) is 0.542. The van der Waals surface area contributed by atoms with Crippen molar-refractivity contribution in [3.63, 3.8) is 0 Å². The van der Waals surface area contributed by atoms with Crippen molar-refractivity contribution in [3.05, 3.63) is 42.5 Å². The lowest BCUT2D eigenvalue weighted by Crippen LogP contribution is -2.44. The molecule has 1 N–H and O–H groups in total. The number of hydrogen-bond donors (Lipinski definition) is 1. The first-order valence-electron chi connectivity index (χ1n) is 11.1. The smallest absolute Gasteiger partial charge is 0.410 e. The maximum Gasteiger partial charge on any atom is 0.410 e. The van der Waals surface area contributed by atoms with E-state index in [0.717, 1.165) is 5.56 Å². The third-order valence-electron chi connectivity index (χ3n) is 5.62. The van der Waals surface area contributed by atoms with Crippen LogP contribution in [0.25, 0.3) is 0 Å². The Labute approximate surface area is 189 Å². The first-order valence-corrected chi connectivity index (χ1v) is 11.1. The Morgan fingerprint density at radius 2 is 1.75 bits per heavy atom. The van der Waals surface area contributed by atoms with Crippen molar-refractivity contribution in [2.75, 3.05) is 38.1 Å². The molecule has 3 rings (SSSR count). The Morgan fingerprint density at radius 3 is 2.34 bits per heavy atom. The highest BCUT2D eigenvalue weighted by Gasteiger charge is 2.29. The van der Waals surface area contributed by atoms with E-state index in [1.54, 1.807) is 9.80 Å². The van der Waals surface area contributed by atoms with E-state index in [-0.39, 0.29) is 29.9 Å². The molecule has 1 aromatic rings. The van der Waals surface area contributed by atoms with E-state index in [1.165, 1.54) is 6.08 Å². The number of nitrogens with zero attached hydrogens (tertiary/aromatic N) is 2. The van der Waals surface area contributed by atoms with Crippen LogP contribution in [-0.2, 0) is 19.1 Å². The second-order valence-electron chi connectivity index (χ2n) is 9.20. The van der Waals surface area contributed by atoms with Gasteiger partial charge in [0, 0.05) is 31.2 Å². The predicted octanol–water partition coefficient (Wildman–Crippen LogP) is 3.36. The predicted molar refractivity (Wildman–Crippen MR) is 121 cm³/mol. The number of nitrogens with one attached hydrogen (secondary N) is 1. The van der Waals surface area contributed by atoms with Gasteiger partial charge < -0.3 is 24.6 Å². The van der Waals surface area contributed by atoms with Crippen molar-refractivity contribution in [3.8, 4) is 0 Å². The first kappa shape index (κ1) is 23.8. The van der Waals surface area contributed by atoms with E-state index in [9.17, 15) is 14.4 Å². The minimum absolute atomic E-state index is 0.0338. The van der Waals surface area contributed by atoms with Crippen molar-refractivity contribution >= 4 is 23.6 Å². The molecule has 2 heterocycles. The molecule has 32 heavy (non-hydrogen) atoms. The number of carbonyl (C=O) groups excluding carboxylic acids is 3. The van der Waals surface area contributed by atoms with Gasteiger partial charge in [0.1, 0.15) is 11.7 Å². The van der Waals surface area contributed by atoms with Crippen LogP contribution in [0.2, 0.25) is 0 Å². The number of ether oxygens (including phenoxy) is 2. The van der Waals surface area contributed by atoms with E-state index in [0.29, 0.717) is 51.3 Å². The SMILES string of the molecule is C=CC(=O)N1CCC(C(=O)Nc2ccc(C3CN(C(=O)OC(C)(C)C)CCO3)cc2)CC1. The Hall–Kier alpha value is -2.87. The number of anilines is 1. The minimum Gasteiger partial charge on any atom is -0.444 e. The summed E-state index contributed by atoms with van der Waals surface area (Å²) in [6.07, 6.45) is 2.01. The zero-order chi connectivity index (χ0) is 23.3. The molecular weight excluding hydrogens is 410 g/mol. The molecule has 0 radical (unpaired) electrons. The summed E-state index contributed by atoms with van der Waals surface area (Å²) in [4.78, 5) is 40.0. The lowest BCUT2D eigenvalue weighted by molar-refractivity contribution is -0.130. The number of benzene rings is 1. The molecule has 0 aliphatic carbocycles. The summed E-state index contributed by atoms with van der Waals surface area (Å²) in [5.74, 6) is -0.240. The van der Waals surface area contributed by atoms with Gasteiger partial charge in [-0.25, -0.2) is 4.79 Å². The number of likely N-dealkylation sites (tertiary alicyclic amines) is 1. The Kier molecular flexibility index (Phi) is 7.56. The molecule has 2 fully saturated rings. The van der Waals surface area contributed by atoms with Crippen LogP contribution < -0.4 is 5.32 Å². The van der Waals surface area contributed by atoms with Crippen LogP contribution in [0.4, 0.5) is 10.5 Å². The van der Waals surface area contributed by atoms with Crippen molar-refractivity contribution in [2.45, 2.75) is 45.3 Å². The molecule has 1 atom stereocenters. The number of rotatable bonds is 4. The number of amides is 3. The number of piperidine rings is 1. The molecule has 3 amide bonds. The van der Waals surface area contributed by atoms with E-state index >= 15 is 0 Å². The normalized spacial score (nSPS) is 19.9. The number of hydrogen-bond acceptors (Lipinski definition) is 5. The van der Waals surface area contributed by atoms with Crippen LogP contribution in [0.5, 0.6) is 0 Å². The van der Waals surface area contributed by atoms with Gasteiger partial charge in [-0.15, -0.1) is 0 Å². The largest absolute Gasteiger partial charge is 0.444 e. The van der Waals surface area contributed by atoms with Crippen molar-refractivity contribution in [1.82, 2.24) is 9.80 Å². The van der Waals surface area contributed by atoms with Gasteiger partial charge in [-0.05, 0) is 57.4 Å². The highest BCUT2D eigenvalue weighted by molar-refractivity contribution is 5.93. The van der Waals surface area contributed by atoms with Gasteiger partial charge in [0.05, 0.1) is 13.2 Å². The zero-order valence-electron chi connectivity index (χ0n) is 19.1. The van der Waals surface area contributed by atoms with Crippen molar-refractivity contribution in [2.24, 2.45) is 5.92 Å². The number of carbonyl (C=O) groups is 3. The van der Waals surface area contributed by atoms with E-state index < -0.39 is 5.60 Å². The van der Waals surface area contributed by atoms with Gasteiger partial charge in [0.2, 0.25) is 11.8 Å². The summed E-state index contributed by atoms with van der Waals surface area (Å²) in [5, 5.41) is 2.96. The topological polar surface area (TPSA) is 88.2 Å². The molecule has 2 aliphatic rings. The highest BCUT2D eigenvalue weighted by Crippen LogP contribution is 2.26. The Balaban J connectivity index is 1.52. The molecule has 0 saturated carbocycles. The molecule has 8 nitrogen and oxygen atoms in total. The van der Waals surface area contributed by atoms with Crippen LogP contribution in [0.15, 0.2) is 36.9 Å². The molecule has 0 spiro atoms. The van der Waals surface area contributed by atoms with E-state index in [1.807, 2.05) is 45.0 Å². The summed E-state index contributed by atoms with van der Waals surface area (Å²) in [7, 11) is 0. The summed E-state index contributed by atoms with van der Waals surface area (Å²) in [6.45, 7) is 11.5. The third kappa shape index (κ3) is 6.32. The summed E-state index contributed by atoms with van der Waals surface area (Å²) < 4.78 is 11.3. The fourth-order valence-corrected chi connectivity index (χ4v) is 3.86. The molecule has 2 aliphatic heterocycles. The maximum atomic E-state index is 12.6. The molecule has 1 unspecified atom stereocenters. The van der Waals surface area contributed by atoms with Crippen LogP contribution in [-0.4, -0.2) is 66.1 Å². The van der Waals surface area contributed by atoms with Crippen molar-refractivity contribution in [1.29, 1.82) is 0 Å². The zero-order valence-corrected chi connectivity index (χ0v) is 19.1. The van der Waals surface area contributed by atoms with Gasteiger partial charge in [-0.3, -0.25) is 9.59 Å². The molecular formula is C24H33N3O5. The van der Waals surface area contributed by atoms with E-state index in [2.05, 4.69) is 11.9 Å². The highest BCUT2D eigenvalue weighted by atomic mass is 16.6. The molecule has 0 bridgehead atoms. The summed E-state index contributed by atoms with van der Waals surface area (Å²) >= 11 is 0. The molecule has 8 heteroatoms. The third-order valence-corrected chi connectivity index (χ3v) is 5.62. The number of morpholine rings is 1. The molecule has 1 aromatic carbocycles. The van der Waals surface area contributed by atoms with Crippen LogP contribution >= 0.6 is 0 Å². The Bertz CT molecular complexity index is 838. The molecule has 2 saturated heterocycles. The van der Waals surface area contributed by atoms with E-state index in [4.69, 9.17) is 9.47 Å². The standard InChI is InChI=1S/C24H33N3O5/c1-5-21(28)26-12-10-18(11-13-26)22(29)25-19-8-6-17(7-9-19)20-16-27(14-15-31-20)23(30)32-24(2,3)4/h5-9,18,20H,1,10-16H2,2-4H3,(H,25,29). The minimum atomic E-state index is -0.539. The second kappa shape index (κ2) is 10.2. The Morgan fingerprint density at radius 1 is 1.09 bits per heavy atom. The lowest BCUT2D eigenvalue weighted by atomic mass is 9.95. The molecule has 174 valence electrons. The summed E-state index contributed by atoms with van der Waals surface area (Å²) in [6, 6.07) is 7.51. The monoisotopic (exact) mass is 443 g/mol. The fourth-order valence-electron chi connectivity index (χ4n) is 3.86. The van der Waals surface area contributed by atoms with Gasteiger partial charge in [-0.1, -0.05) is 18.7 Å². The van der Waals surface area contributed by atoms with Gasteiger partial charge in [0.15, 0.2) is 0 Å².